The number of hydrogen-bond donors (Lipinski definition) is 3. The Morgan fingerprint density at radius 1 is 1.30 bits per heavy atom. The number of amides is 1. The van der Waals surface area contributed by atoms with Gasteiger partial charge in [-0.2, -0.15) is 8.42 Å². The fraction of sp³-hybridized carbons (Fsp3) is 0.500. The second-order valence-corrected chi connectivity index (χ2v) is 6.63. The number of nitrogens with one attached hydrogen (secondary N) is 2. The van der Waals surface area contributed by atoms with Crippen molar-refractivity contribution in [1.82, 2.24) is 10.6 Å². The predicted octanol–water partition coefficient (Wildman–Crippen LogP) is -0.332. The fourth-order valence-corrected chi connectivity index (χ4v) is 1.84. The van der Waals surface area contributed by atoms with Crippen LogP contribution in [0.3, 0.4) is 0 Å². The summed E-state index contributed by atoms with van der Waals surface area (Å²) >= 11 is 0. The van der Waals surface area contributed by atoms with E-state index < -0.39 is 26.8 Å². The number of carbonyl (C=O) groups excluding carboxylic acids is 2. The van der Waals surface area contributed by atoms with Gasteiger partial charge in [0.15, 0.2) is 5.78 Å². The van der Waals surface area contributed by atoms with E-state index in [4.69, 9.17) is 0 Å². The standard InChI is InChI=1S/C12H20N2O5S/c1-5-9(15)7-13-10(8-14-11(16)6-2)12(3,4)20(17,18)19/h5-6,10,13H,1-2,7-8H2,3-4H3,(H,14,16)(H,17,18,19). The van der Waals surface area contributed by atoms with Crippen molar-refractivity contribution in [3.05, 3.63) is 25.3 Å². The van der Waals surface area contributed by atoms with Gasteiger partial charge in [0, 0.05) is 12.6 Å². The maximum Gasteiger partial charge on any atom is 0.271 e. The molecule has 0 aromatic heterocycles. The molecule has 0 saturated heterocycles. The summed E-state index contributed by atoms with van der Waals surface area (Å²) < 4.78 is 30.5. The molecule has 0 aromatic carbocycles. The zero-order chi connectivity index (χ0) is 16.0. The summed E-state index contributed by atoms with van der Waals surface area (Å²) in [5.41, 5.74) is 0. The molecule has 114 valence electrons. The Hall–Kier alpha value is -1.51. The van der Waals surface area contributed by atoms with E-state index in [0.29, 0.717) is 0 Å². The van der Waals surface area contributed by atoms with Crippen molar-refractivity contribution >= 4 is 21.8 Å². The number of carbonyl (C=O) groups is 2. The van der Waals surface area contributed by atoms with E-state index in [1.54, 1.807) is 0 Å². The van der Waals surface area contributed by atoms with Crippen LogP contribution in [0.2, 0.25) is 0 Å². The lowest BCUT2D eigenvalue weighted by Gasteiger charge is -2.32. The Kier molecular flexibility index (Phi) is 6.77. The molecule has 0 heterocycles. The van der Waals surface area contributed by atoms with Gasteiger partial charge in [0.1, 0.15) is 4.75 Å². The molecule has 0 aliphatic carbocycles. The van der Waals surface area contributed by atoms with Crippen molar-refractivity contribution in [3.63, 3.8) is 0 Å². The fourth-order valence-electron chi connectivity index (χ4n) is 1.31. The summed E-state index contributed by atoms with van der Waals surface area (Å²) in [6, 6.07) is -0.870. The Bertz CT molecular complexity index is 472. The van der Waals surface area contributed by atoms with Crippen LogP contribution in [0, 0.1) is 0 Å². The van der Waals surface area contributed by atoms with Gasteiger partial charge in [-0.3, -0.25) is 14.1 Å². The van der Waals surface area contributed by atoms with Crippen LogP contribution in [0.25, 0.3) is 0 Å². The highest BCUT2D eigenvalue weighted by Crippen LogP contribution is 2.19. The molecule has 0 bridgehead atoms. The molecule has 0 saturated carbocycles. The van der Waals surface area contributed by atoms with Crippen LogP contribution in [0.1, 0.15) is 13.8 Å². The average Bonchev–Trinajstić information content (AvgIpc) is 2.36. The molecule has 1 atom stereocenters. The van der Waals surface area contributed by atoms with E-state index in [2.05, 4.69) is 23.8 Å². The molecular weight excluding hydrogens is 284 g/mol. The van der Waals surface area contributed by atoms with Gasteiger partial charge in [-0.15, -0.1) is 0 Å². The summed E-state index contributed by atoms with van der Waals surface area (Å²) in [5.74, 6) is -0.825. The molecule has 3 N–H and O–H groups in total. The molecule has 1 amide bonds. The highest BCUT2D eigenvalue weighted by Gasteiger charge is 2.41. The lowest BCUT2D eigenvalue weighted by molar-refractivity contribution is -0.116. The van der Waals surface area contributed by atoms with Crippen LogP contribution in [0.4, 0.5) is 0 Å². The second kappa shape index (κ2) is 7.32. The first-order chi connectivity index (χ1) is 9.06. The molecule has 8 heteroatoms. The van der Waals surface area contributed by atoms with Crippen molar-refractivity contribution < 1.29 is 22.6 Å². The van der Waals surface area contributed by atoms with E-state index in [0.717, 1.165) is 12.2 Å². The third-order valence-corrected chi connectivity index (χ3v) is 4.53. The summed E-state index contributed by atoms with van der Waals surface area (Å²) in [6.07, 6.45) is 2.12. The molecule has 0 aliphatic heterocycles. The topological polar surface area (TPSA) is 113 Å². The normalized spacial score (nSPS) is 13.3. The first-order valence-corrected chi connectivity index (χ1v) is 7.26. The van der Waals surface area contributed by atoms with Crippen LogP contribution >= 0.6 is 0 Å². The first-order valence-electron chi connectivity index (χ1n) is 5.82. The Morgan fingerprint density at radius 3 is 2.25 bits per heavy atom. The third-order valence-electron chi connectivity index (χ3n) is 2.92. The Labute approximate surface area is 118 Å². The molecule has 7 nitrogen and oxygen atoms in total. The summed E-state index contributed by atoms with van der Waals surface area (Å²) in [4.78, 5) is 22.3. The molecule has 0 rings (SSSR count). The highest BCUT2D eigenvalue weighted by molar-refractivity contribution is 7.87. The molecule has 20 heavy (non-hydrogen) atoms. The van der Waals surface area contributed by atoms with Gasteiger partial charge >= 0.3 is 0 Å². The monoisotopic (exact) mass is 304 g/mol. The smallest absolute Gasteiger partial charge is 0.271 e. The lowest BCUT2D eigenvalue weighted by atomic mass is 10.0. The quantitative estimate of drug-likeness (QED) is 0.397. The van der Waals surface area contributed by atoms with Gasteiger partial charge in [-0.05, 0) is 26.0 Å². The third kappa shape index (κ3) is 5.24. The molecule has 0 radical (unpaired) electrons. The van der Waals surface area contributed by atoms with Crippen molar-refractivity contribution in [2.45, 2.75) is 24.6 Å². The highest BCUT2D eigenvalue weighted by atomic mass is 32.2. The molecule has 0 fully saturated rings. The van der Waals surface area contributed by atoms with E-state index in [1.807, 2.05) is 0 Å². The van der Waals surface area contributed by atoms with E-state index >= 15 is 0 Å². The molecule has 1 unspecified atom stereocenters. The predicted molar refractivity (Wildman–Crippen MR) is 75.8 cm³/mol. The summed E-state index contributed by atoms with van der Waals surface area (Å²) in [5, 5.41) is 5.11. The van der Waals surface area contributed by atoms with Crippen LogP contribution in [-0.2, 0) is 19.7 Å². The number of ketones is 1. The first kappa shape index (κ1) is 18.5. The van der Waals surface area contributed by atoms with Crippen molar-refractivity contribution in [3.8, 4) is 0 Å². The molecule has 0 spiro atoms. The summed E-state index contributed by atoms with van der Waals surface area (Å²) in [7, 11) is -4.39. The average molecular weight is 304 g/mol. The zero-order valence-corrected chi connectivity index (χ0v) is 12.4. The molecular formula is C12H20N2O5S. The van der Waals surface area contributed by atoms with Gasteiger partial charge in [0.05, 0.1) is 6.54 Å². The van der Waals surface area contributed by atoms with E-state index in [1.165, 1.54) is 13.8 Å². The lowest BCUT2D eigenvalue weighted by Crippen LogP contribution is -2.57. The van der Waals surface area contributed by atoms with E-state index in [9.17, 15) is 22.6 Å². The summed E-state index contributed by atoms with van der Waals surface area (Å²) in [6.45, 7) is 8.90. The van der Waals surface area contributed by atoms with Gasteiger partial charge < -0.3 is 10.6 Å². The largest absolute Gasteiger partial charge is 0.351 e. The van der Waals surface area contributed by atoms with Crippen molar-refractivity contribution in [2.24, 2.45) is 0 Å². The van der Waals surface area contributed by atoms with Gasteiger partial charge in [0.2, 0.25) is 5.91 Å². The van der Waals surface area contributed by atoms with Gasteiger partial charge in [-0.1, -0.05) is 13.2 Å². The SMILES string of the molecule is C=CC(=O)CNC(CNC(=O)C=C)C(C)(C)S(=O)(=O)O. The minimum absolute atomic E-state index is 0.0952. The maximum atomic E-state index is 11.4. The van der Waals surface area contributed by atoms with Gasteiger partial charge in [-0.25, -0.2) is 0 Å². The van der Waals surface area contributed by atoms with Crippen LogP contribution in [-0.4, -0.2) is 48.5 Å². The number of hydrogen-bond acceptors (Lipinski definition) is 5. The number of rotatable bonds is 9. The van der Waals surface area contributed by atoms with E-state index in [-0.39, 0.29) is 18.9 Å². The maximum absolute atomic E-state index is 11.4. The molecule has 0 aromatic rings. The van der Waals surface area contributed by atoms with Crippen molar-refractivity contribution in [2.75, 3.05) is 13.1 Å². The minimum atomic E-state index is -4.39. The zero-order valence-electron chi connectivity index (χ0n) is 11.5. The Morgan fingerprint density at radius 2 is 1.85 bits per heavy atom. The molecule has 0 aliphatic rings. The van der Waals surface area contributed by atoms with Crippen LogP contribution in [0.5, 0.6) is 0 Å². The minimum Gasteiger partial charge on any atom is -0.351 e. The second-order valence-electron chi connectivity index (χ2n) is 4.63. The van der Waals surface area contributed by atoms with Crippen molar-refractivity contribution in [1.29, 1.82) is 0 Å². The van der Waals surface area contributed by atoms with Crippen LogP contribution < -0.4 is 10.6 Å². The van der Waals surface area contributed by atoms with Gasteiger partial charge in [0.25, 0.3) is 10.1 Å². The van der Waals surface area contributed by atoms with Crippen LogP contribution in [0.15, 0.2) is 25.3 Å². The Balaban J connectivity index is 5.04.